The molecule has 1 aromatic heterocycles. The van der Waals surface area contributed by atoms with Crippen molar-refractivity contribution in [1.82, 2.24) is 4.98 Å². The van der Waals surface area contributed by atoms with Crippen LogP contribution in [0, 0.1) is 5.82 Å². The first kappa shape index (κ1) is 10.4. The van der Waals surface area contributed by atoms with Gasteiger partial charge in [0.2, 0.25) is 0 Å². The van der Waals surface area contributed by atoms with Crippen molar-refractivity contribution in [3.05, 3.63) is 35.8 Å². The van der Waals surface area contributed by atoms with Crippen LogP contribution in [0.1, 0.15) is 17.4 Å². The average molecular weight is 220 g/mol. The minimum atomic E-state index is -0.485. The van der Waals surface area contributed by atoms with E-state index in [1.807, 2.05) is 0 Å². The fourth-order valence-electron chi connectivity index (χ4n) is 1.40. The summed E-state index contributed by atoms with van der Waals surface area (Å²) in [6.45, 7) is 1.32. The van der Waals surface area contributed by atoms with Gasteiger partial charge in [-0.25, -0.2) is 4.39 Å². The Morgan fingerprint density at radius 3 is 2.75 bits per heavy atom. The van der Waals surface area contributed by atoms with Gasteiger partial charge in [0, 0.05) is 6.92 Å². The number of hydrogen-bond donors (Lipinski definition) is 1. The second kappa shape index (κ2) is 3.77. The van der Waals surface area contributed by atoms with Crippen LogP contribution in [0.3, 0.4) is 0 Å². The van der Waals surface area contributed by atoms with Gasteiger partial charge in [-0.1, -0.05) is 12.1 Å². The highest BCUT2D eigenvalue weighted by molar-refractivity contribution is 5.98. The Morgan fingerprint density at radius 2 is 2.12 bits per heavy atom. The second-order valence-corrected chi connectivity index (χ2v) is 3.27. The van der Waals surface area contributed by atoms with Gasteiger partial charge < -0.3 is 10.2 Å². The summed E-state index contributed by atoms with van der Waals surface area (Å²) in [5.41, 5.74) is 5.57. The number of benzene rings is 1. The molecule has 0 saturated heterocycles. The van der Waals surface area contributed by atoms with E-state index in [0.717, 1.165) is 0 Å². The van der Waals surface area contributed by atoms with Crippen LogP contribution in [0.15, 0.2) is 28.7 Å². The Balaban J connectivity index is 2.64. The van der Waals surface area contributed by atoms with Crippen molar-refractivity contribution >= 4 is 11.8 Å². The van der Waals surface area contributed by atoms with Crippen LogP contribution in [0.2, 0.25) is 0 Å². The van der Waals surface area contributed by atoms with E-state index in [1.54, 1.807) is 12.1 Å². The van der Waals surface area contributed by atoms with Gasteiger partial charge in [-0.3, -0.25) is 4.79 Å². The van der Waals surface area contributed by atoms with Gasteiger partial charge in [0.15, 0.2) is 17.2 Å². The standard InChI is InChI=1S/C11H9FN2O2/c1-6(15)9-10(16-11(13)14-9)7-4-2-3-5-8(7)12/h2-5H,1H3,(H2,13,14). The molecule has 0 radical (unpaired) electrons. The molecule has 4 nitrogen and oxygen atoms in total. The number of ketones is 1. The van der Waals surface area contributed by atoms with Crippen molar-refractivity contribution in [2.24, 2.45) is 0 Å². The first-order valence-electron chi connectivity index (χ1n) is 4.61. The minimum absolute atomic E-state index is 0.0441. The predicted molar refractivity (Wildman–Crippen MR) is 56.3 cm³/mol. The number of anilines is 1. The molecule has 0 spiro atoms. The molecular formula is C11H9FN2O2. The SMILES string of the molecule is CC(=O)c1nc(N)oc1-c1ccccc1F. The van der Waals surface area contributed by atoms with Crippen LogP contribution >= 0.6 is 0 Å². The lowest BCUT2D eigenvalue weighted by Crippen LogP contribution is -1.96. The van der Waals surface area contributed by atoms with E-state index < -0.39 is 5.82 Å². The zero-order valence-corrected chi connectivity index (χ0v) is 8.53. The zero-order valence-electron chi connectivity index (χ0n) is 8.53. The number of nitrogens with zero attached hydrogens (tertiary/aromatic N) is 1. The summed E-state index contributed by atoms with van der Waals surface area (Å²) in [7, 11) is 0. The van der Waals surface area contributed by atoms with Gasteiger partial charge in [0.05, 0.1) is 5.56 Å². The fraction of sp³-hybridized carbons (Fsp3) is 0.0909. The number of hydrogen-bond acceptors (Lipinski definition) is 4. The van der Waals surface area contributed by atoms with Crippen LogP contribution < -0.4 is 5.73 Å². The van der Waals surface area contributed by atoms with Gasteiger partial charge in [-0.05, 0) is 12.1 Å². The van der Waals surface area contributed by atoms with Crippen molar-refractivity contribution in [1.29, 1.82) is 0 Å². The van der Waals surface area contributed by atoms with E-state index in [1.165, 1.54) is 19.1 Å². The van der Waals surface area contributed by atoms with Crippen LogP contribution in [0.5, 0.6) is 0 Å². The molecule has 0 unspecified atom stereocenters. The summed E-state index contributed by atoms with van der Waals surface area (Å²) >= 11 is 0. The molecule has 0 atom stereocenters. The topological polar surface area (TPSA) is 69.1 Å². The van der Waals surface area contributed by atoms with E-state index in [4.69, 9.17) is 10.2 Å². The van der Waals surface area contributed by atoms with Crippen molar-refractivity contribution in [2.75, 3.05) is 5.73 Å². The van der Waals surface area contributed by atoms with E-state index in [2.05, 4.69) is 4.98 Å². The average Bonchev–Trinajstić information content (AvgIpc) is 2.61. The maximum absolute atomic E-state index is 13.5. The Kier molecular flexibility index (Phi) is 2.44. The molecule has 82 valence electrons. The molecule has 0 aliphatic heterocycles. The lowest BCUT2D eigenvalue weighted by molar-refractivity contribution is 0.101. The Bertz CT molecular complexity index is 549. The molecule has 0 bridgehead atoms. The summed E-state index contributed by atoms with van der Waals surface area (Å²) in [6.07, 6.45) is 0. The predicted octanol–water partition coefficient (Wildman–Crippen LogP) is 2.27. The first-order valence-corrected chi connectivity index (χ1v) is 4.61. The molecule has 0 aliphatic rings. The highest BCUT2D eigenvalue weighted by Crippen LogP contribution is 2.28. The van der Waals surface area contributed by atoms with Crippen LogP contribution in [0.25, 0.3) is 11.3 Å². The summed E-state index contributed by atoms with van der Waals surface area (Å²) < 4.78 is 18.5. The molecular weight excluding hydrogens is 211 g/mol. The fourth-order valence-corrected chi connectivity index (χ4v) is 1.40. The number of rotatable bonds is 2. The van der Waals surface area contributed by atoms with Crippen LogP contribution in [-0.2, 0) is 0 Å². The summed E-state index contributed by atoms with van der Waals surface area (Å²) in [5.74, 6) is -0.733. The number of nitrogens with two attached hydrogens (primary N) is 1. The van der Waals surface area contributed by atoms with Gasteiger partial charge in [-0.15, -0.1) is 0 Å². The molecule has 16 heavy (non-hydrogen) atoms. The van der Waals surface area contributed by atoms with Crippen LogP contribution in [-0.4, -0.2) is 10.8 Å². The third kappa shape index (κ3) is 1.67. The second-order valence-electron chi connectivity index (χ2n) is 3.27. The molecule has 0 fully saturated rings. The van der Waals surface area contributed by atoms with Crippen molar-refractivity contribution in [3.8, 4) is 11.3 Å². The Labute approximate surface area is 90.9 Å². The van der Waals surface area contributed by atoms with E-state index in [0.29, 0.717) is 0 Å². The highest BCUT2D eigenvalue weighted by Gasteiger charge is 2.19. The van der Waals surface area contributed by atoms with Crippen LogP contribution in [0.4, 0.5) is 10.4 Å². The molecule has 0 aliphatic carbocycles. The number of nitrogen functional groups attached to an aromatic ring is 1. The quantitative estimate of drug-likeness (QED) is 0.788. The summed E-state index contributed by atoms with van der Waals surface area (Å²) in [5, 5.41) is 0. The van der Waals surface area contributed by atoms with Crippen molar-refractivity contribution < 1.29 is 13.6 Å². The third-order valence-corrected chi connectivity index (χ3v) is 2.10. The molecule has 1 heterocycles. The largest absolute Gasteiger partial charge is 0.423 e. The normalized spacial score (nSPS) is 10.4. The Morgan fingerprint density at radius 1 is 1.44 bits per heavy atom. The zero-order chi connectivity index (χ0) is 11.7. The van der Waals surface area contributed by atoms with E-state index in [-0.39, 0.29) is 28.8 Å². The molecule has 0 saturated carbocycles. The molecule has 2 rings (SSSR count). The highest BCUT2D eigenvalue weighted by atomic mass is 19.1. The molecule has 2 aromatic rings. The number of aromatic nitrogens is 1. The maximum atomic E-state index is 13.5. The maximum Gasteiger partial charge on any atom is 0.293 e. The van der Waals surface area contributed by atoms with Crippen molar-refractivity contribution in [3.63, 3.8) is 0 Å². The number of carbonyl (C=O) groups excluding carboxylic acids is 1. The van der Waals surface area contributed by atoms with Gasteiger partial charge in [0.25, 0.3) is 6.01 Å². The first-order chi connectivity index (χ1) is 7.59. The number of carbonyl (C=O) groups is 1. The van der Waals surface area contributed by atoms with Gasteiger partial charge in [0.1, 0.15) is 5.82 Å². The summed E-state index contributed by atoms with van der Waals surface area (Å²) in [6, 6.07) is 5.82. The van der Waals surface area contributed by atoms with Crippen molar-refractivity contribution in [2.45, 2.75) is 6.92 Å². The van der Waals surface area contributed by atoms with E-state index in [9.17, 15) is 9.18 Å². The summed E-state index contributed by atoms with van der Waals surface area (Å²) in [4.78, 5) is 15.0. The number of oxazole rings is 1. The lowest BCUT2D eigenvalue weighted by Gasteiger charge is -1.99. The third-order valence-electron chi connectivity index (χ3n) is 2.10. The number of Topliss-reactive ketones (excluding diaryl/α,β-unsaturated/α-hetero) is 1. The molecule has 2 N–H and O–H groups in total. The molecule has 1 aromatic carbocycles. The lowest BCUT2D eigenvalue weighted by atomic mass is 10.1. The van der Waals surface area contributed by atoms with Gasteiger partial charge >= 0.3 is 0 Å². The number of halogens is 1. The minimum Gasteiger partial charge on any atom is -0.423 e. The monoisotopic (exact) mass is 220 g/mol. The Hall–Kier alpha value is -2.17. The van der Waals surface area contributed by atoms with Gasteiger partial charge in [-0.2, -0.15) is 4.98 Å². The smallest absolute Gasteiger partial charge is 0.293 e. The van der Waals surface area contributed by atoms with E-state index >= 15 is 0 Å². The molecule has 5 heteroatoms. The molecule has 0 amide bonds.